The zero-order valence-corrected chi connectivity index (χ0v) is 41.8. The van der Waals surface area contributed by atoms with E-state index in [-0.39, 0.29) is 34.7 Å². The number of amides is 4. The van der Waals surface area contributed by atoms with Gasteiger partial charge < -0.3 is 14.5 Å². The van der Waals surface area contributed by atoms with Crippen molar-refractivity contribution in [3.63, 3.8) is 0 Å². The average Bonchev–Trinajstić information content (AvgIpc) is 4.10. The maximum absolute atomic E-state index is 14.3. The Labute approximate surface area is 398 Å². The first-order valence-corrected chi connectivity index (χ1v) is 27.3. The molecular formula is C47H68IN6O11S-. The summed E-state index contributed by atoms with van der Waals surface area (Å²) in [4.78, 5) is 75.7. The van der Waals surface area contributed by atoms with Gasteiger partial charge in [0.1, 0.15) is 12.4 Å². The predicted octanol–water partition coefficient (Wildman–Crippen LogP) is 0.737. The van der Waals surface area contributed by atoms with E-state index >= 15 is 0 Å². The van der Waals surface area contributed by atoms with Crippen LogP contribution in [-0.4, -0.2) is 137 Å². The van der Waals surface area contributed by atoms with Crippen molar-refractivity contribution in [1.82, 2.24) is 30.1 Å². The number of nitrogens with one attached hydrogen (secondary N) is 4. The van der Waals surface area contributed by atoms with Gasteiger partial charge in [-0.2, -0.15) is 0 Å². The SMILES string of the molecule is C=C[C@@H]1[I-][C@]1(NC(=O)[C@@H]1CCCN1C(=O)[C@@H](NC(=O)OC1CCC[C@H]1CCCCCc1c(OCCN2CCOCC2)c2ccccc2[nH]c1=O)C(C)(C)C)C(=O)NS(=O)(=O)C1(COC)CC1. The normalized spacial score (nSPS) is 25.6. The van der Waals surface area contributed by atoms with Gasteiger partial charge in [-0.05, 0) is 44.2 Å². The second-order valence-corrected chi connectivity index (χ2v) is 25.2. The van der Waals surface area contributed by atoms with Crippen LogP contribution in [0.2, 0.25) is 0 Å². The monoisotopic (exact) mass is 1050 g/mol. The number of H-pyrrole nitrogens is 1. The first-order chi connectivity index (χ1) is 31.5. The van der Waals surface area contributed by atoms with E-state index in [1.807, 2.05) is 45.0 Å². The third-order valence-electron chi connectivity index (χ3n) is 13.8. The molecule has 1 aromatic carbocycles. The number of pyridine rings is 1. The van der Waals surface area contributed by atoms with E-state index in [1.165, 1.54) is 12.0 Å². The predicted molar refractivity (Wildman–Crippen MR) is 244 cm³/mol. The third kappa shape index (κ3) is 11.4. The Hall–Kier alpha value is -3.79. The number of methoxy groups -OCH3 is 1. The van der Waals surface area contributed by atoms with Crippen molar-refractivity contribution < 1.29 is 67.7 Å². The fraction of sp³-hybridized carbons (Fsp3) is 0.681. The van der Waals surface area contributed by atoms with Gasteiger partial charge in [0.15, 0.2) is 0 Å². The molecule has 4 amide bonds. The van der Waals surface area contributed by atoms with Gasteiger partial charge in [0.05, 0.1) is 24.3 Å². The molecule has 0 radical (unpaired) electrons. The van der Waals surface area contributed by atoms with E-state index in [0.717, 1.165) is 75.5 Å². The summed E-state index contributed by atoms with van der Waals surface area (Å²) in [5, 5.41) is 6.61. The summed E-state index contributed by atoms with van der Waals surface area (Å²) >= 11 is -1.02. The van der Waals surface area contributed by atoms with Crippen molar-refractivity contribution in [1.29, 1.82) is 0 Å². The maximum atomic E-state index is 14.3. The molecule has 5 fully saturated rings. The van der Waals surface area contributed by atoms with Crippen LogP contribution >= 0.6 is 0 Å². The van der Waals surface area contributed by atoms with E-state index < -0.39 is 80.8 Å². The van der Waals surface area contributed by atoms with Gasteiger partial charge in [0.25, 0.3) is 5.56 Å². The number of para-hydroxylation sites is 1. The van der Waals surface area contributed by atoms with Gasteiger partial charge in [-0.15, -0.1) is 0 Å². The molecule has 19 heteroatoms. The molecule has 1 unspecified atom stereocenters. The molecule has 4 N–H and O–H groups in total. The molecule has 6 atom stereocenters. The number of halogens is 1. The number of carbonyl (C=O) groups excluding carboxylic acids is 4. The Morgan fingerprint density at radius 2 is 1.80 bits per heavy atom. The number of hydrogen-bond donors (Lipinski definition) is 4. The van der Waals surface area contributed by atoms with Crippen molar-refractivity contribution >= 4 is 44.7 Å². The summed E-state index contributed by atoms with van der Waals surface area (Å²) < 4.78 is 48.7. The van der Waals surface area contributed by atoms with Crippen LogP contribution in [0.4, 0.5) is 4.79 Å². The van der Waals surface area contributed by atoms with Crippen LogP contribution in [0.5, 0.6) is 5.75 Å². The summed E-state index contributed by atoms with van der Waals surface area (Å²) in [5.74, 6) is -0.952. The number of rotatable bonds is 21. The van der Waals surface area contributed by atoms with Crippen LogP contribution in [-0.2, 0) is 45.0 Å². The van der Waals surface area contributed by atoms with Crippen LogP contribution in [0, 0.1) is 11.3 Å². The van der Waals surface area contributed by atoms with Crippen molar-refractivity contribution in [2.45, 2.75) is 128 Å². The Balaban J connectivity index is 0.909. The molecule has 4 heterocycles. The number of benzene rings is 1. The van der Waals surface area contributed by atoms with Gasteiger partial charge in [-0.1, -0.05) is 25.0 Å². The van der Waals surface area contributed by atoms with E-state index in [0.29, 0.717) is 63.2 Å². The quantitative estimate of drug-likeness (QED) is 0.0448. The first kappa shape index (κ1) is 50.1. The first-order valence-electron chi connectivity index (χ1n) is 23.5. The fourth-order valence-electron chi connectivity index (χ4n) is 9.68. The molecule has 2 aromatic rings. The Morgan fingerprint density at radius 3 is 2.50 bits per heavy atom. The second kappa shape index (κ2) is 21.2. The molecule has 1 aromatic heterocycles. The number of fused-ring (bicyclic) bond motifs is 1. The molecular weight excluding hydrogens is 984 g/mol. The average molecular weight is 1050 g/mol. The molecule has 0 spiro atoms. The van der Waals surface area contributed by atoms with Crippen molar-refractivity contribution in [3.8, 4) is 5.75 Å². The van der Waals surface area contributed by atoms with Gasteiger partial charge in [0.2, 0.25) is 0 Å². The van der Waals surface area contributed by atoms with Crippen LogP contribution in [0.3, 0.4) is 0 Å². The number of hydrogen-bond acceptors (Lipinski definition) is 12. The molecule has 5 aliphatic rings. The van der Waals surface area contributed by atoms with Crippen molar-refractivity contribution in [3.05, 3.63) is 52.8 Å². The molecule has 3 aliphatic heterocycles. The molecule has 17 nitrogen and oxygen atoms in total. The molecule has 366 valence electrons. The number of unbranched alkanes of at least 4 members (excludes halogenated alkanes) is 2. The number of likely N-dealkylation sites (tertiary alicyclic amines) is 1. The van der Waals surface area contributed by atoms with Gasteiger partial charge in [-0.3, -0.25) is 9.69 Å². The molecule has 2 saturated carbocycles. The van der Waals surface area contributed by atoms with E-state index in [2.05, 4.69) is 31.8 Å². The van der Waals surface area contributed by atoms with E-state index in [4.69, 9.17) is 18.9 Å². The van der Waals surface area contributed by atoms with E-state index in [9.17, 15) is 32.4 Å². The van der Waals surface area contributed by atoms with Gasteiger partial charge in [0, 0.05) is 25.0 Å². The standard InChI is InChI=1S/C47H68IN6O11S/c1-6-37-47(48-37,43(58)52-66(60,61)46(21-22-46)30-62-5)51-41(56)35-19-13-23-54(35)42(57)39(45(2,3)4)50-44(59)65-36-20-12-15-31(36)14-8-7-9-17-33-38(64-29-26-53-24-27-63-28-25-53)32-16-10-11-18-34(32)49-40(33)55/h6,10-11,16,18,31,35-37,39H,1,7-9,12-15,17,19-30H2,2-5H3,(H,49,55)(H,50,59)(H,51,56)(H,52,58)/q-1/t31-,35+,36?,37+,39-,47-/m1/s1. The van der Waals surface area contributed by atoms with Crippen LogP contribution in [0.1, 0.15) is 97.0 Å². The zero-order chi connectivity index (χ0) is 47.3. The number of carbonyl (C=O) groups is 4. The summed E-state index contributed by atoms with van der Waals surface area (Å²) in [6.45, 7) is 13.9. The number of aromatic amines is 1. The minimum absolute atomic E-state index is 0.0425. The molecule has 0 bridgehead atoms. The fourth-order valence-corrected chi connectivity index (χ4v) is 14.1. The number of ether oxygens (including phenoxy) is 4. The number of sulfonamides is 1. The number of morpholine rings is 1. The summed E-state index contributed by atoms with van der Waals surface area (Å²) in [7, 11) is -2.66. The molecule has 7 rings (SSSR count). The van der Waals surface area contributed by atoms with E-state index in [1.54, 1.807) is 6.08 Å². The number of aromatic nitrogens is 1. The van der Waals surface area contributed by atoms with Crippen LogP contribution < -0.4 is 46.9 Å². The summed E-state index contributed by atoms with van der Waals surface area (Å²) in [6, 6.07) is 5.79. The molecule has 66 heavy (non-hydrogen) atoms. The van der Waals surface area contributed by atoms with Crippen molar-refractivity contribution in [2.24, 2.45) is 11.3 Å². The van der Waals surface area contributed by atoms with Crippen molar-refractivity contribution in [2.75, 3.05) is 59.7 Å². The second-order valence-electron chi connectivity index (χ2n) is 19.5. The molecule has 2 aliphatic carbocycles. The van der Waals surface area contributed by atoms with Gasteiger partial charge >= 0.3 is 240 Å². The number of nitrogens with zero attached hydrogens (tertiary/aromatic N) is 2. The zero-order valence-electron chi connectivity index (χ0n) is 38.8. The molecule has 3 saturated heterocycles. The Morgan fingerprint density at radius 1 is 1.05 bits per heavy atom. The summed E-state index contributed by atoms with van der Waals surface area (Å²) in [6.07, 6.45) is 8.75. The van der Waals surface area contributed by atoms with Crippen LogP contribution in [0.15, 0.2) is 41.7 Å². The van der Waals surface area contributed by atoms with Crippen LogP contribution in [0.25, 0.3) is 10.9 Å². The van der Waals surface area contributed by atoms with Gasteiger partial charge in [-0.25, -0.2) is 0 Å². The Bertz CT molecular complexity index is 2280. The number of alkyl halides is 2. The summed E-state index contributed by atoms with van der Waals surface area (Å²) in [5.41, 5.74) is 0.533. The third-order valence-corrected chi connectivity index (χ3v) is 19.7. The minimum atomic E-state index is -4.07. The topological polar surface area (TPSA) is 215 Å². The number of alkyl carbamates (subject to hydrolysis) is 1. The Kier molecular flexibility index (Phi) is 16.1.